The van der Waals surface area contributed by atoms with Gasteiger partial charge in [0.05, 0.1) is 27.0 Å². The number of carbonyl (C=O) groups is 1. The summed E-state index contributed by atoms with van der Waals surface area (Å²) < 4.78 is 1.78. The Kier molecular flexibility index (Phi) is 4.97. The average Bonchev–Trinajstić information content (AvgIpc) is 3.22. The maximum atomic E-state index is 11.0. The van der Waals surface area contributed by atoms with Crippen LogP contribution in [0.1, 0.15) is 21.6 Å². The second kappa shape index (κ2) is 7.43. The van der Waals surface area contributed by atoms with Gasteiger partial charge >= 0.3 is 5.97 Å². The van der Waals surface area contributed by atoms with Crippen molar-refractivity contribution in [3.63, 3.8) is 0 Å². The number of rotatable bonds is 5. The van der Waals surface area contributed by atoms with Gasteiger partial charge in [0, 0.05) is 12.1 Å². The molecule has 0 amide bonds. The normalized spacial score (nSPS) is 11.1. The molecule has 4 aromatic rings. The highest BCUT2D eigenvalue weighted by atomic mass is 35.5. The highest BCUT2D eigenvalue weighted by molar-refractivity contribution is 7.20. The summed E-state index contributed by atoms with van der Waals surface area (Å²) in [4.78, 5) is 16.4. The maximum Gasteiger partial charge on any atom is 0.335 e. The summed E-state index contributed by atoms with van der Waals surface area (Å²) in [5.41, 5.74) is 3.77. The van der Waals surface area contributed by atoms with E-state index < -0.39 is 5.97 Å². The van der Waals surface area contributed by atoms with Crippen molar-refractivity contribution in [1.82, 2.24) is 14.6 Å². The summed E-state index contributed by atoms with van der Waals surface area (Å²) in [6.45, 7) is 2.50. The van der Waals surface area contributed by atoms with E-state index in [2.05, 4.69) is 15.4 Å². The van der Waals surface area contributed by atoms with Crippen LogP contribution in [0.15, 0.2) is 42.5 Å². The first kappa shape index (κ1) is 18.7. The molecule has 28 heavy (non-hydrogen) atoms. The monoisotopic (exact) mass is 432 g/mol. The van der Waals surface area contributed by atoms with Gasteiger partial charge in [-0.2, -0.15) is 0 Å². The molecule has 0 spiro atoms. The number of anilines is 1. The number of benzene rings is 2. The molecule has 0 aliphatic carbocycles. The third-order valence-corrected chi connectivity index (χ3v) is 5.87. The Balaban J connectivity index is 1.55. The molecule has 0 atom stereocenters. The molecular formula is C19H14Cl2N4O2S. The average molecular weight is 433 g/mol. The summed E-state index contributed by atoms with van der Waals surface area (Å²) in [7, 11) is 0. The van der Waals surface area contributed by atoms with Crippen LogP contribution in [0.4, 0.5) is 5.13 Å². The number of carboxylic acids is 1. The minimum Gasteiger partial charge on any atom is -0.478 e. The Bertz CT molecular complexity index is 1180. The van der Waals surface area contributed by atoms with Crippen LogP contribution >= 0.6 is 34.5 Å². The highest BCUT2D eigenvalue weighted by Crippen LogP contribution is 2.29. The van der Waals surface area contributed by atoms with Gasteiger partial charge in [-0.1, -0.05) is 52.7 Å². The summed E-state index contributed by atoms with van der Waals surface area (Å²) in [6, 6.07) is 12.1. The maximum absolute atomic E-state index is 11.0. The van der Waals surface area contributed by atoms with E-state index in [0.29, 0.717) is 16.6 Å². The van der Waals surface area contributed by atoms with Crippen molar-refractivity contribution in [2.75, 3.05) is 5.32 Å². The van der Waals surface area contributed by atoms with E-state index in [0.717, 1.165) is 32.6 Å². The molecule has 0 fully saturated rings. The number of aromatic nitrogens is 3. The zero-order chi connectivity index (χ0) is 19.8. The standard InChI is InChI=1S/C19H14Cl2N4O2S/c1-10-16(12-3-5-13(6-4-12)17(26)27)23-19-25(10)24-18(28-19)22-9-11-2-7-14(20)15(21)8-11/h2-8H,9H2,1H3,(H,22,24)(H,26,27). The Morgan fingerprint density at radius 1 is 1.18 bits per heavy atom. The fraction of sp³-hybridized carbons (Fsp3) is 0.105. The second-order valence-corrected chi connectivity index (χ2v) is 7.90. The Morgan fingerprint density at radius 2 is 1.93 bits per heavy atom. The number of hydrogen-bond acceptors (Lipinski definition) is 5. The number of carboxylic acid groups (broad SMARTS) is 1. The zero-order valence-corrected chi connectivity index (χ0v) is 16.9. The van der Waals surface area contributed by atoms with E-state index in [9.17, 15) is 4.79 Å². The Morgan fingerprint density at radius 3 is 2.57 bits per heavy atom. The topological polar surface area (TPSA) is 79.5 Å². The minimum atomic E-state index is -0.951. The lowest BCUT2D eigenvalue weighted by Gasteiger charge is -2.04. The summed E-state index contributed by atoms with van der Waals surface area (Å²) in [5, 5.41) is 18.6. The Hall–Kier alpha value is -2.61. The van der Waals surface area contributed by atoms with E-state index in [-0.39, 0.29) is 5.56 Å². The van der Waals surface area contributed by atoms with Crippen LogP contribution in [0.5, 0.6) is 0 Å². The van der Waals surface area contributed by atoms with Crippen LogP contribution in [0.25, 0.3) is 16.2 Å². The third kappa shape index (κ3) is 3.56. The summed E-state index contributed by atoms with van der Waals surface area (Å²) in [6.07, 6.45) is 0. The highest BCUT2D eigenvalue weighted by Gasteiger charge is 2.15. The van der Waals surface area contributed by atoms with Crippen LogP contribution in [0.3, 0.4) is 0 Å². The third-order valence-electron chi connectivity index (χ3n) is 4.26. The molecule has 2 heterocycles. The predicted molar refractivity (Wildman–Crippen MR) is 112 cm³/mol. The van der Waals surface area contributed by atoms with Gasteiger partial charge in [-0.15, -0.1) is 5.10 Å². The molecule has 0 saturated carbocycles. The predicted octanol–water partition coefficient (Wildman–Crippen LogP) is 5.38. The number of hydrogen-bond donors (Lipinski definition) is 2. The molecule has 0 unspecified atom stereocenters. The lowest BCUT2D eigenvalue weighted by molar-refractivity contribution is 0.0697. The number of fused-ring (bicyclic) bond motifs is 1. The number of aromatic carboxylic acids is 1. The number of halogens is 2. The van der Waals surface area contributed by atoms with Gasteiger partial charge in [0.2, 0.25) is 10.1 Å². The first-order valence-electron chi connectivity index (χ1n) is 8.30. The number of nitrogens with one attached hydrogen (secondary N) is 1. The molecule has 0 saturated heterocycles. The molecule has 0 aliphatic rings. The fourth-order valence-electron chi connectivity index (χ4n) is 2.79. The van der Waals surface area contributed by atoms with Crippen molar-refractivity contribution >= 4 is 50.6 Å². The van der Waals surface area contributed by atoms with Crippen molar-refractivity contribution in [1.29, 1.82) is 0 Å². The van der Waals surface area contributed by atoms with E-state index in [1.54, 1.807) is 34.8 Å². The lowest BCUT2D eigenvalue weighted by atomic mass is 10.1. The van der Waals surface area contributed by atoms with E-state index >= 15 is 0 Å². The quantitative estimate of drug-likeness (QED) is 0.442. The van der Waals surface area contributed by atoms with Crippen molar-refractivity contribution in [2.24, 2.45) is 0 Å². The molecule has 2 aromatic carbocycles. The summed E-state index contributed by atoms with van der Waals surface area (Å²) in [5.74, 6) is -0.951. The molecule has 4 rings (SSSR count). The number of aryl methyl sites for hydroxylation is 1. The second-order valence-electron chi connectivity index (χ2n) is 6.13. The van der Waals surface area contributed by atoms with Gasteiger partial charge < -0.3 is 10.4 Å². The number of nitrogens with zero attached hydrogens (tertiary/aromatic N) is 3. The van der Waals surface area contributed by atoms with Crippen LogP contribution in [0, 0.1) is 6.92 Å². The van der Waals surface area contributed by atoms with Gasteiger partial charge in [-0.25, -0.2) is 14.3 Å². The minimum absolute atomic E-state index is 0.245. The first-order valence-corrected chi connectivity index (χ1v) is 9.87. The molecule has 9 heteroatoms. The van der Waals surface area contributed by atoms with Gasteiger partial charge in [-0.3, -0.25) is 0 Å². The summed E-state index contributed by atoms with van der Waals surface area (Å²) >= 11 is 13.4. The number of imidazole rings is 1. The van der Waals surface area contributed by atoms with Crippen molar-refractivity contribution in [3.8, 4) is 11.3 Å². The van der Waals surface area contributed by atoms with E-state index in [4.69, 9.17) is 28.3 Å². The van der Waals surface area contributed by atoms with Crippen LogP contribution in [-0.4, -0.2) is 25.7 Å². The molecule has 142 valence electrons. The zero-order valence-electron chi connectivity index (χ0n) is 14.6. The van der Waals surface area contributed by atoms with Gasteiger partial charge in [0.25, 0.3) is 0 Å². The van der Waals surface area contributed by atoms with Crippen molar-refractivity contribution in [3.05, 3.63) is 69.3 Å². The fourth-order valence-corrected chi connectivity index (χ4v) is 3.95. The van der Waals surface area contributed by atoms with E-state index in [1.807, 2.05) is 19.1 Å². The smallest absolute Gasteiger partial charge is 0.335 e. The van der Waals surface area contributed by atoms with Crippen LogP contribution in [0.2, 0.25) is 10.0 Å². The molecule has 0 radical (unpaired) electrons. The lowest BCUT2D eigenvalue weighted by Crippen LogP contribution is -2.00. The molecule has 2 N–H and O–H groups in total. The van der Waals surface area contributed by atoms with Crippen LogP contribution < -0.4 is 5.32 Å². The molecule has 2 aromatic heterocycles. The van der Waals surface area contributed by atoms with Gasteiger partial charge in [0.15, 0.2) is 0 Å². The molecule has 0 bridgehead atoms. The van der Waals surface area contributed by atoms with Crippen molar-refractivity contribution < 1.29 is 9.90 Å². The van der Waals surface area contributed by atoms with Crippen LogP contribution in [-0.2, 0) is 6.54 Å². The Labute approximate surface area is 174 Å². The SMILES string of the molecule is Cc1c(-c2ccc(C(=O)O)cc2)nc2sc(NCc3ccc(Cl)c(Cl)c3)nn12. The van der Waals surface area contributed by atoms with Crippen molar-refractivity contribution in [2.45, 2.75) is 13.5 Å². The van der Waals surface area contributed by atoms with Gasteiger partial charge in [-0.05, 0) is 36.8 Å². The largest absolute Gasteiger partial charge is 0.478 e. The first-order chi connectivity index (χ1) is 13.4. The molecular weight excluding hydrogens is 419 g/mol. The van der Waals surface area contributed by atoms with Gasteiger partial charge in [0.1, 0.15) is 0 Å². The van der Waals surface area contributed by atoms with E-state index in [1.165, 1.54) is 11.3 Å². The molecule has 0 aliphatic heterocycles. The molecule has 6 nitrogen and oxygen atoms in total.